The van der Waals surface area contributed by atoms with Gasteiger partial charge in [-0.15, -0.1) is 0 Å². The minimum absolute atomic E-state index is 0.350. The Labute approximate surface area is 119 Å². The summed E-state index contributed by atoms with van der Waals surface area (Å²) in [6.07, 6.45) is 1.72. The second kappa shape index (κ2) is 4.86. The summed E-state index contributed by atoms with van der Waals surface area (Å²) in [7, 11) is 0. The average Bonchev–Trinajstić information content (AvgIpc) is 2.37. The second-order valence-corrected chi connectivity index (χ2v) is 5.20. The Kier molecular flexibility index (Phi) is 3.03. The molecule has 0 spiro atoms. The molecule has 3 aromatic rings. The third-order valence-electron chi connectivity index (χ3n) is 2.67. The van der Waals surface area contributed by atoms with E-state index in [2.05, 4.69) is 15.0 Å². The molecule has 0 atom stereocenters. The summed E-state index contributed by atoms with van der Waals surface area (Å²) in [5, 5.41) is 1.49. The number of nitrogen functional groups attached to an aromatic ring is 3. The molecule has 0 saturated carbocycles. The Bertz CT molecular complexity index is 769. The molecule has 0 saturated heterocycles. The zero-order chi connectivity index (χ0) is 14.1. The third kappa shape index (κ3) is 2.43. The van der Waals surface area contributed by atoms with Crippen LogP contribution >= 0.6 is 11.8 Å². The first kappa shape index (κ1) is 12.5. The standard InChI is InChI=1S/C13H12N6S/c14-7-1-2-8-9(5-7)17-4-3-10(8)20-13-18-11(15)6-12(16)19-13/h1-6H,14H2,(H4,15,16,18,19). The second-order valence-electron chi connectivity index (χ2n) is 4.19. The van der Waals surface area contributed by atoms with Crippen molar-refractivity contribution in [2.75, 3.05) is 17.2 Å². The summed E-state index contributed by atoms with van der Waals surface area (Å²) in [5.41, 5.74) is 18.6. The number of benzene rings is 1. The van der Waals surface area contributed by atoms with E-state index in [9.17, 15) is 0 Å². The molecule has 0 bridgehead atoms. The first-order valence-corrected chi connectivity index (χ1v) is 6.65. The molecular weight excluding hydrogens is 272 g/mol. The van der Waals surface area contributed by atoms with Crippen LogP contribution in [0.4, 0.5) is 17.3 Å². The number of nitrogens with two attached hydrogens (primary N) is 3. The molecular formula is C13H12N6S. The van der Waals surface area contributed by atoms with E-state index in [1.807, 2.05) is 24.3 Å². The maximum atomic E-state index is 5.76. The molecule has 2 aromatic heterocycles. The normalized spacial score (nSPS) is 10.8. The number of hydrogen-bond acceptors (Lipinski definition) is 7. The fraction of sp³-hybridized carbons (Fsp3) is 0. The lowest BCUT2D eigenvalue weighted by Gasteiger charge is -2.06. The van der Waals surface area contributed by atoms with Gasteiger partial charge in [0.2, 0.25) is 0 Å². The van der Waals surface area contributed by atoms with E-state index < -0.39 is 0 Å². The van der Waals surface area contributed by atoms with Gasteiger partial charge in [0, 0.05) is 28.2 Å². The number of pyridine rings is 1. The minimum atomic E-state index is 0.350. The highest BCUT2D eigenvalue weighted by molar-refractivity contribution is 7.99. The van der Waals surface area contributed by atoms with E-state index in [0.29, 0.717) is 22.5 Å². The van der Waals surface area contributed by atoms with Crippen LogP contribution in [-0.2, 0) is 0 Å². The van der Waals surface area contributed by atoms with Crippen molar-refractivity contribution in [3.63, 3.8) is 0 Å². The van der Waals surface area contributed by atoms with Crippen LogP contribution in [0.15, 0.2) is 46.6 Å². The molecule has 0 aliphatic rings. The molecule has 6 N–H and O–H groups in total. The van der Waals surface area contributed by atoms with E-state index >= 15 is 0 Å². The zero-order valence-electron chi connectivity index (χ0n) is 10.4. The number of aromatic nitrogens is 3. The van der Waals surface area contributed by atoms with Crippen molar-refractivity contribution in [3.05, 3.63) is 36.5 Å². The Hall–Kier alpha value is -2.54. The van der Waals surface area contributed by atoms with Gasteiger partial charge in [-0.2, -0.15) is 0 Å². The number of hydrogen-bond donors (Lipinski definition) is 3. The van der Waals surface area contributed by atoms with Gasteiger partial charge in [0.05, 0.1) is 5.52 Å². The van der Waals surface area contributed by atoms with Crippen LogP contribution in [-0.4, -0.2) is 15.0 Å². The van der Waals surface area contributed by atoms with Gasteiger partial charge in [0.1, 0.15) is 11.6 Å². The Morgan fingerprint density at radius 3 is 2.40 bits per heavy atom. The Morgan fingerprint density at radius 2 is 1.65 bits per heavy atom. The number of fused-ring (bicyclic) bond motifs is 1. The van der Waals surface area contributed by atoms with Crippen molar-refractivity contribution in [2.24, 2.45) is 0 Å². The van der Waals surface area contributed by atoms with E-state index in [0.717, 1.165) is 15.8 Å². The first-order valence-electron chi connectivity index (χ1n) is 5.84. The van der Waals surface area contributed by atoms with Gasteiger partial charge >= 0.3 is 0 Å². The topological polar surface area (TPSA) is 117 Å². The molecule has 1 aromatic carbocycles. The lowest BCUT2D eigenvalue weighted by molar-refractivity contribution is 0.985. The van der Waals surface area contributed by atoms with Gasteiger partial charge in [-0.1, -0.05) is 0 Å². The Morgan fingerprint density at radius 1 is 0.900 bits per heavy atom. The molecule has 20 heavy (non-hydrogen) atoms. The van der Waals surface area contributed by atoms with Crippen LogP contribution in [0.3, 0.4) is 0 Å². The van der Waals surface area contributed by atoms with Crippen LogP contribution in [0.1, 0.15) is 0 Å². The van der Waals surface area contributed by atoms with Crippen molar-refractivity contribution >= 4 is 40.0 Å². The molecule has 0 unspecified atom stereocenters. The van der Waals surface area contributed by atoms with E-state index in [-0.39, 0.29) is 0 Å². The van der Waals surface area contributed by atoms with Gasteiger partial charge in [-0.25, -0.2) is 9.97 Å². The van der Waals surface area contributed by atoms with Gasteiger partial charge in [0.15, 0.2) is 5.16 Å². The highest BCUT2D eigenvalue weighted by atomic mass is 32.2. The van der Waals surface area contributed by atoms with Crippen LogP contribution in [0.5, 0.6) is 0 Å². The van der Waals surface area contributed by atoms with Crippen LogP contribution in [0.25, 0.3) is 10.9 Å². The quantitative estimate of drug-likeness (QED) is 0.486. The van der Waals surface area contributed by atoms with Crippen LogP contribution in [0, 0.1) is 0 Å². The molecule has 6 nitrogen and oxygen atoms in total. The molecule has 0 radical (unpaired) electrons. The highest BCUT2D eigenvalue weighted by Crippen LogP contribution is 2.32. The van der Waals surface area contributed by atoms with E-state index in [1.54, 1.807) is 6.20 Å². The minimum Gasteiger partial charge on any atom is -0.399 e. The molecule has 100 valence electrons. The fourth-order valence-corrected chi connectivity index (χ4v) is 2.74. The van der Waals surface area contributed by atoms with Gasteiger partial charge < -0.3 is 17.2 Å². The van der Waals surface area contributed by atoms with Gasteiger partial charge in [0.25, 0.3) is 0 Å². The number of rotatable bonds is 2. The van der Waals surface area contributed by atoms with Gasteiger partial charge in [-0.3, -0.25) is 4.98 Å². The van der Waals surface area contributed by atoms with Crippen molar-refractivity contribution in [1.82, 2.24) is 15.0 Å². The van der Waals surface area contributed by atoms with E-state index in [4.69, 9.17) is 17.2 Å². The highest BCUT2D eigenvalue weighted by Gasteiger charge is 2.07. The van der Waals surface area contributed by atoms with E-state index in [1.165, 1.54) is 17.8 Å². The smallest absolute Gasteiger partial charge is 0.196 e. The van der Waals surface area contributed by atoms with Crippen LogP contribution < -0.4 is 17.2 Å². The third-order valence-corrected chi connectivity index (χ3v) is 3.61. The molecule has 0 aliphatic heterocycles. The predicted octanol–water partition coefficient (Wildman–Crippen LogP) is 1.92. The number of nitrogens with zero attached hydrogens (tertiary/aromatic N) is 3. The molecule has 2 heterocycles. The molecule has 0 fully saturated rings. The first-order chi connectivity index (χ1) is 9.61. The monoisotopic (exact) mass is 284 g/mol. The maximum absolute atomic E-state index is 5.76. The molecule has 0 amide bonds. The SMILES string of the molecule is Nc1ccc2c(Sc3nc(N)cc(N)n3)ccnc2c1. The van der Waals surface area contributed by atoms with Crippen molar-refractivity contribution in [2.45, 2.75) is 10.1 Å². The summed E-state index contributed by atoms with van der Waals surface area (Å²) < 4.78 is 0. The molecule has 3 rings (SSSR count). The van der Waals surface area contributed by atoms with Gasteiger partial charge in [-0.05, 0) is 36.0 Å². The summed E-state index contributed by atoms with van der Waals surface area (Å²) in [6, 6.07) is 9.01. The summed E-state index contributed by atoms with van der Waals surface area (Å²) in [5.74, 6) is 0.699. The summed E-state index contributed by atoms with van der Waals surface area (Å²) in [4.78, 5) is 13.6. The summed E-state index contributed by atoms with van der Waals surface area (Å²) >= 11 is 1.39. The lowest BCUT2D eigenvalue weighted by atomic mass is 10.2. The summed E-state index contributed by atoms with van der Waals surface area (Å²) in [6.45, 7) is 0. The predicted molar refractivity (Wildman–Crippen MR) is 81.1 cm³/mol. The van der Waals surface area contributed by atoms with Crippen molar-refractivity contribution in [1.29, 1.82) is 0 Å². The zero-order valence-corrected chi connectivity index (χ0v) is 11.3. The lowest BCUT2D eigenvalue weighted by Crippen LogP contribution is -1.99. The fourth-order valence-electron chi connectivity index (χ4n) is 1.83. The molecule has 0 aliphatic carbocycles. The van der Waals surface area contributed by atoms with Crippen molar-refractivity contribution < 1.29 is 0 Å². The Balaban J connectivity index is 2.06. The van der Waals surface area contributed by atoms with Crippen LogP contribution in [0.2, 0.25) is 0 Å². The maximum Gasteiger partial charge on any atom is 0.196 e. The number of anilines is 3. The molecule has 7 heteroatoms. The average molecular weight is 284 g/mol. The van der Waals surface area contributed by atoms with Crippen molar-refractivity contribution in [3.8, 4) is 0 Å². The largest absolute Gasteiger partial charge is 0.399 e.